The maximum atomic E-state index is 12.1. The second-order valence-electron chi connectivity index (χ2n) is 5.97. The number of aromatic nitrogens is 4. The van der Waals surface area contributed by atoms with Crippen LogP contribution in [0.4, 0.5) is 0 Å². The van der Waals surface area contributed by atoms with E-state index in [-0.39, 0.29) is 5.91 Å². The Morgan fingerprint density at radius 3 is 2.70 bits per heavy atom. The first-order chi connectivity index (χ1) is 11.2. The standard InChI is InChI=1S/C16H20ClN5O/c17-13-6-8-14(9-7-13)22-15(19-20-21-22)11-18-16(23)10-12-4-2-1-3-5-12/h6-9,12H,1-5,10-11H2,(H,18,23). The van der Waals surface area contributed by atoms with E-state index < -0.39 is 0 Å². The minimum Gasteiger partial charge on any atom is -0.349 e. The van der Waals surface area contributed by atoms with Gasteiger partial charge in [0.15, 0.2) is 5.82 Å². The van der Waals surface area contributed by atoms with Gasteiger partial charge in [0.25, 0.3) is 0 Å². The predicted octanol–water partition coefficient (Wildman–Crippen LogP) is 2.90. The van der Waals surface area contributed by atoms with Crippen LogP contribution in [0.5, 0.6) is 0 Å². The molecule has 0 radical (unpaired) electrons. The molecule has 1 N–H and O–H groups in total. The van der Waals surface area contributed by atoms with Crippen molar-refractivity contribution in [3.8, 4) is 5.69 Å². The number of tetrazole rings is 1. The zero-order chi connectivity index (χ0) is 16.1. The molecule has 1 aromatic carbocycles. The summed E-state index contributed by atoms with van der Waals surface area (Å²) in [6, 6.07) is 7.24. The second-order valence-corrected chi connectivity index (χ2v) is 6.40. The molecule has 122 valence electrons. The van der Waals surface area contributed by atoms with Gasteiger partial charge in [-0.2, -0.15) is 4.68 Å². The number of rotatable bonds is 5. The van der Waals surface area contributed by atoms with E-state index in [0.29, 0.717) is 29.7 Å². The molecule has 1 aliphatic rings. The van der Waals surface area contributed by atoms with Gasteiger partial charge in [0.05, 0.1) is 12.2 Å². The molecule has 1 aromatic heterocycles. The molecular formula is C16H20ClN5O. The summed E-state index contributed by atoms with van der Waals surface area (Å²) in [6.45, 7) is 0.321. The van der Waals surface area contributed by atoms with Crippen molar-refractivity contribution in [2.45, 2.75) is 45.1 Å². The summed E-state index contributed by atoms with van der Waals surface area (Å²) < 4.78 is 1.61. The van der Waals surface area contributed by atoms with Crippen LogP contribution >= 0.6 is 11.6 Å². The van der Waals surface area contributed by atoms with Crippen LogP contribution in [-0.4, -0.2) is 26.1 Å². The van der Waals surface area contributed by atoms with Crippen LogP contribution < -0.4 is 5.32 Å². The van der Waals surface area contributed by atoms with Crippen molar-refractivity contribution < 1.29 is 4.79 Å². The van der Waals surface area contributed by atoms with Crippen molar-refractivity contribution in [2.24, 2.45) is 5.92 Å². The Bertz CT molecular complexity index is 649. The summed E-state index contributed by atoms with van der Waals surface area (Å²) in [6.07, 6.45) is 6.71. The van der Waals surface area contributed by atoms with E-state index in [1.807, 2.05) is 12.1 Å². The zero-order valence-electron chi connectivity index (χ0n) is 12.9. The summed E-state index contributed by atoms with van der Waals surface area (Å²) >= 11 is 5.89. The van der Waals surface area contributed by atoms with E-state index in [1.54, 1.807) is 16.8 Å². The highest BCUT2D eigenvalue weighted by Crippen LogP contribution is 2.26. The SMILES string of the molecule is O=C(CC1CCCCC1)NCc1nnnn1-c1ccc(Cl)cc1. The number of amides is 1. The minimum atomic E-state index is 0.0718. The summed E-state index contributed by atoms with van der Waals surface area (Å²) in [5.41, 5.74) is 0.816. The van der Waals surface area contributed by atoms with Crippen LogP contribution in [0.25, 0.3) is 5.69 Å². The van der Waals surface area contributed by atoms with E-state index in [1.165, 1.54) is 19.3 Å². The molecule has 1 amide bonds. The van der Waals surface area contributed by atoms with Crippen molar-refractivity contribution in [2.75, 3.05) is 0 Å². The Hall–Kier alpha value is -1.95. The van der Waals surface area contributed by atoms with Crippen molar-refractivity contribution in [1.29, 1.82) is 0 Å². The van der Waals surface area contributed by atoms with Gasteiger partial charge in [0.1, 0.15) is 0 Å². The molecule has 1 saturated carbocycles. The monoisotopic (exact) mass is 333 g/mol. The molecule has 2 aromatic rings. The first-order valence-electron chi connectivity index (χ1n) is 8.02. The minimum absolute atomic E-state index is 0.0718. The molecule has 0 saturated heterocycles. The lowest BCUT2D eigenvalue weighted by Crippen LogP contribution is -2.27. The summed E-state index contributed by atoms with van der Waals surface area (Å²) in [4.78, 5) is 12.1. The number of carbonyl (C=O) groups excluding carboxylic acids is 1. The van der Waals surface area contributed by atoms with Gasteiger partial charge >= 0.3 is 0 Å². The Morgan fingerprint density at radius 1 is 1.22 bits per heavy atom. The maximum absolute atomic E-state index is 12.1. The average Bonchev–Trinajstić information content (AvgIpc) is 3.03. The highest BCUT2D eigenvalue weighted by Gasteiger charge is 2.17. The molecule has 7 heteroatoms. The van der Waals surface area contributed by atoms with Crippen LogP contribution in [-0.2, 0) is 11.3 Å². The Morgan fingerprint density at radius 2 is 1.96 bits per heavy atom. The first kappa shape index (κ1) is 15.9. The van der Waals surface area contributed by atoms with Crippen LogP contribution in [0, 0.1) is 5.92 Å². The van der Waals surface area contributed by atoms with Gasteiger partial charge in [-0.1, -0.05) is 30.9 Å². The van der Waals surface area contributed by atoms with Crippen molar-refractivity contribution >= 4 is 17.5 Å². The first-order valence-corrected chi connectivity index (χ1v) is 8.40. The summed E-state index contributed by atoms with van der Waals surface area (Å²) in [7, 11) is 0. The van der Waals surface area contributed by atoms with Crippen LogP contribution in [0.2, 0.25) is 5.02 Å². The van der Waals surface area contributed by atoms with E-state index in [9.17, 15) is 4.79 Å². The molecule has 0 aliphatic heterocycles. The number of nitrogens with one attached hydrogen (secondary N) is 1. The molecule has 1 heterocycles. The van der Waals surface area contributed by atoms with Gasteiger partial charge in [-0.15, -0.1) is 5.10 Å². The number of benzene rings is 1. The fourth-order valence-corrected chi connectivity index (χ4v) is 3.13. The molecule has 23 heavy (non-hydrogen) atoms. The van der Waals surface area contributed by atoms with Gasteiger partial charge in [-0.3, -0.25) is 4.79 Å². The third-order valence-electron chi connectivity index (χ3n) is 4.25. The van der Waals surface area contributed by atoms with E-state index in [2.05, 4.69) is 20.8 Å². The molecule has 0 atom stereocenters. The van der Waals surface area contributed by atoms with Crippen LogP contribution in [0.1, 0.15) is 44.3 Å². The average molecular weight is 334 g/mol. The number of halogens is 1. The summed E-state index contributed by atoms with van der Waals surface area (Å²) in [5.74, 6) is 1.20. The van der Waals surface area contributed by atoms with Crippen molar-refractivity contribution in [3.63, 3.8) is 0 Å². The van der Waals surface area contributed by atoms with Crippen molar-refractivity contribution in [3.05, 3.63) is 35.1 Å². The number of hydrogen-bond donors (Lipinski definition) is 1. The molecule has 1 fully saturated rings. The Balaban J connectivity index is 1.57. The van der Waals surface area contributed by atoms with Gasteiger partial charge < -0.3 is 5.32 Å². The maximum Gasteiger partial charge on any atom is 0.220 e. The largest absolute Gasteiger partial charge is 0.349 e. The van der Waals surface area contributed by atoms with Gasteiger partial charge in [0.2, 0.25) is 5.91 Å². The normalized spacial score (nSPS) is 15.5. The molecule has 0 unspecified atom stereocenters. The molecule has 3 rings (SSSR count). The number of hydrogen-bond acceptors (Lipinski definition) is 4. The number of carbonyl (C=O) groups is 1. The smallest absolute Gasteiger partial charge is 0.220 e. The lowest BCUT2D eigenvalue weighted by Gasteiger charge is -2.20. The molecular weight excluding hydrogens is 314 g/mol. The fourth-order valence-electron chi connectivity index (χ4n) is 3.00. The van der Waals surface area contributed by atoms with Gasteiger partial charge in [0, 0.05) is 11.4 Å². The third kappa shape index (κ3) is 4.28. The van der Waals surface area contributed by atoms with E-state index in [0.717, 1.165) is 18.5 Å². The topological polar surface area (TPSA) is 72.7 Å². The lowest BCUT2D eigenvalue weighted by molar-refractivity contribution is -0.122. The second kappa shape index (κ2) is 7.55. The van der Waals surface area contributed by atoms with Gasteiger partial charge in [-0.25, -0.2) is 0 Å². The van der Waals surface area contributed by atoms with Gasteiger partial charge in [-0.05, 0) is 53.5 Å². The lowest BCUT2D eigenvalue weighted by atomic mass is 9.87. The van der Waals surface area contributed by atoms with Crippen LogP contribution in [0.15, 0.2) is 24.3 Å². The third-order valence-corrected chi connectivity index (χ3v) is 4.50. The Labute approximate surface area is 140 Å². The molecule has 0 bridgehead atoms. The molecule has 0 spiro atoms. The quantitative estimate of drug-likeness (QED) is 0.913. The zero-order valence-corrected chi connectivity index (χ0v) is 13.7. The van der Waals surface area contributed by atoms with Crippen LogP contribution in [0.3, 0.4) is 0 Å². The van der Waals surface area contributed by atoms with Crippen molar-refractivity contribution in [1.82, 2.24) is 25.5 Å². The highest BCUT2D eigenvalue weighted by atomic mass is 35.5. The molecule has 1 aliphatic carbocycles. The Kier molecular flexibility index (Phi) is 5.23. The number of nitrogens with zero attached hydrogens (tertiary/aromatic N) is 4. The predicted molar refractivity (Wildman–Crippen MR) is 87.2 cm³/mol. The molecule has 6 nitrogen and oxygen atoms in total. The fraction of sp³-hybridized carbons (Fsp3) is 0.500. The van der Waals surface area contributed by atoms with E-state index in [4.69, 9.17) is 11.6 Å². The van der Waals surface area contributed by atoms with E-state index >= 15 is 0 Å². The highest BCUT2D eigenvalue weighted by molar-refractivity contribution is 6.30. The summed E-state index contributed by atoms with van der Waals surface area (Å²) in [5, 5.41) is 15.2.